The molecule has 3 rings (SSSR count). The Kier molecular flexibility index (Phi) is 4.44. The van der Waals surface area contributed by atoms with Gasteiger partial charge in [-0.1, -0.05) is 18.2 Å². The molecule has 1 fully saturated rings. The lowest BCUT2D eigenvalue weighted by Gasteiger charge is -2.35. The minimum Gasteiger partial charge on any atom is -0.493 e. The SMILES string of the molecule is NCCC1CCN(C(=O)C2CCOc3ccccc32)CC1. The van der Waals surface area contributed by atoms with Gasteiger partial charge in [-0.25, -0.2) is 0 Å². The highest BCUT2D eigenvalue weighted by Crippen LogP contribution is 2.35. The number of para-hydroxylation sites is 1. The number of hydrogen-bond donors (Lipinski definition) is 1. The summed E-state index contributed by atoms with van der Waals surface area (Å²) >= 11 is 0. The Morgan fingerprint density at radius 1 is 1.24 bits per heavy atom. The molecule has 0 aliphatic carbocycles. The third-order valence-corrected chi connectivity index (χ3v) is 4.76. The molecule has 1 saturated heterocycles. The van der Waals surface area contributed by atoms with Gasteiger partial charge in [0.2, 0.25) is 5.91 Å². The van der Waals surface area contributed by atoms with Crippen molar-refractivity contribution in [3.63, 3.8) is 0 Å². The second-order valence-electron chi connectivity index (χ2n) is 6.07. The van der Waals surface area contributed by atoms with Gasteiger partial charge in [0.1, 0.15) is 5.75 Å². The summed E-state index contributed by atoms with van der Waals surface area (Å²) in [6.07, 6.45) is 4.06. The predicted octanol–water partition coefficient (Wildman–Crippen LogP) is 2.14. The van der Waals surface area contributed by atoms with Crippen molar-refractivity contribution in [2.75, 3.05) is 26.2 Å². The summed E-state index contributed by atoms with van der Waals surface area (Å²) in [4.78, 5) is 14.9. The van der Waals surface area contributed by atoms with Gasteiger partial charge in [0.15, 0.2) is 0 Å². The summed E-state index contributed by atoms with van der Waals surface area (Å²) < 4.78 is 5.66. The molecule has 2 heterocycles. The van der Waals surface area contributed by atoms with E-state index in [0.29, 0.717) is 12.5 Å². The van der Waals surface area contributed by atoms with Crippen LogP contribution in [-0.4, -0.2) is 37.0 Å². The van der Waals surface area contributed by atoms with E-state index in [0.717, 1.165) is 56.6 Å². The van der Waals surface area contributed by atoms with Gasteiger partial charge in [-0.15, -0.1) is 0 Å². The Morgan fingerprint density at radius 2 is 2.00 bits per heavy atom. The van der Waals surface area contributed by atoms with Crippen LogP contribution in [0.1, 0.15) is 37.2 Å². The predicted molar refractivity (Wildman–Crippen MR) is 82.3 cm³/mol. The van der Waals surface area contributed by atoms with Crippen molar-refractivity contribution < 1.29 is 9.53 Å². The van der Waals surface area contributed by atoms with Crippen LogP contribution < -0.4 is 10.5 Å². The molecule has 114 valence electrons. The van der Waals surface area contributed by atoms with Gasteiger partial charge in [0.25, 0.3) is 0 Å². The number of hydrogen-bond acceptors (Lipinski definition) is 3. The van der Waals surface area contributed by atoms with Crippen LogP contribution in [0.2, 0.25) is 0 Å². The molecule has 1 aromatic rings. The van der Waals surface area contributed by atoms with E-state index in [4.69, 9.17) is 10.5 Å². The van der Waals surface area contributed by atoms with Gasteiger partial charge >= 0.3 is 0 Å². The third-order valence-electron chi connectivity index (χ3n) is 4.76. The summed E-state index contributed by atoms with van der Waals surface area (Å²) in [5, 5.41) is 0. The number of carbonyl (C=O) groups excluding carboxylic acids is 1. The van der Waals surface area contributed by atoms with E-state index in [2.05, 4.69) is 0 Å². The molecule has 0 aromatic heterocycles. The maximum Gasteiger partial charge on any atom is 0.230 e. The summed E-state index contributed by atoms with van der Waals surface area (Å²) in [5.74, 6) is 1.82. The van der Waals surface area contributed by atoms with Gasteiger partial charge in [0.05, 0.1) is 12.5 Å². The second-order valence-corrected chi connectivity index (χ2v) is 6.07. The molecule has 1 unspecified atom stereocenters. The monoisotopic (exact) mass is 288 g/mol. The zero-order chi connectivity index (χ0) is 14.7. The number of amides is 1. The molecule has 2 aliphatic heterocycles. The van der Waals surface area contributed by atoms with Crippen LogP contribution in [0.5, 0.6) is 5.75 Å². The van der Waals surface area contributed by atoms with Crippen LogP contribution in [0.3, 0.4) is 0 Å². The molecule has 0 saturated carbocycles. The Morgan fingerprint density at radius 3 is 2.76 bits per heavy atom. The molecule has 1 aromatic carbocycles. The lowest BCUT2D eigenvalue weighted by Crippen LogP contribution is -2.42. The van der Waals surface area contributed by atoms with Crippen molar-refractivity contribution in [3.8, 4) is 5.75 Å². The van der Waals surface area contributed by atoms with E-state index in [1.54, 1.807) is 0 Å². The number of fused-ring (bicyclic) bond motifs is 1. The van der Waals surface area contributed by atoms with Gasteiger partial charge in [-0.3, -0.25) is 4.79 Å². The molecule has 0 bridgehead atoms. The number of piperidine rings is 1. The maximum atomic E-state index is 12.8. The first-order chi connectivity index (χ1) is 10.3. The first-order valence-electron chi connectivity index (χ1n) is 8.00. The van der Waals surface area contributed by atoms with Gasteiger partial charge < -0.3 is 15.4 Å². The standard InChI is InChI=1S/C17H24N2O2/c18-9-5-13-6-10-19(11-7-13)17(20)15-8-12-21-16-4-2-1-3-14(15)16/h1-4,13,15H,5-12,18H2. The average Bonchev–Trinajstić information content (AvgIpc) is 2.55. The van der Waals surface area contributed by atoms with Gasteiger partial charge in [-0.05, 0) is 44.2 Å². The van der Waals surface area contributed by atoms with Crippen LogP contribution in [0.15, 0.2) is 24.3 Å². The summed E-state index contributed by atoms with van der Waals surface area (Å²) in [6.45, 7) is 3.15. The van der Waals surface area contributed by atoms with Crippen LogP contribution in [0.4, 0.5) is 0 Å². The summed E-state index contributed by atoms with van der Waals surface area (Å²) in [7, 11) is 0. The van der Waals surface area contributed by atoms with E-state index in [1.807, 2.05) is 29.2 Å². The Labute approximate surface area is 126 Å². The maximum absolute atomic E-state index is 12.8. The largest absolute Gasteiger partial charge is 0.493 e. The normalized spacial score (nSPS) is 22.5. The van der Waals surface area contributed by atoms with Crippen LogP contribution in [0.25, 0.3) is 0 Å². The number of likely N-dealkylation sites (tertiary alicyclic amines) is 1. The number of nitrogens with two attached hydrogens (primary N) is 1. The van der Waals surface area contributed by atoms with E-state index >= 15 is 0 Å². The quantitative estimate of drug-likeness (QED) is 0.927. The van der Waals surface area contributed by atoms with E-state index < -0.39 is 0 Å². The van der Waals surface area contributed by atoms with Crippen molar-refractivity contribution in [2.24, 2.45) is 11.7 Å². The van der Waals surface area contributed by atoms with E-state index in [1.165, 1.54) is 0 Å². The Hall–Kier alpha value is -1.55. The lowest BCUT2D eigenvalue weighted by atomic mass is 9.89. The molecule has 4 nitrogen and oxygen atoms in total. The van der Waals surface area contributed by atoms with E-state index in [9.17, 15) is 4.79 Å². The zero-order valence-corrected chi connectivity index (χ0v) is 12.5. The summed E-state index contributed by atoms with van der Waals surface area (Å²) in [6, 6.07) is 7.94. The molecular weight excluding hydrogens is 264 g/mol. The molecule has 1 amide bonds. The number of ether oxygens (including phenoxy) is 1. The molecule has 0 spiro atoms. The number of rotatable bonds is 3. The fraction of sp³-hybridized carbons (Fsp3) is 0.588. The Bertz CT molecular complexity index is 495. The highest BCUT2D eigenvalue weighted by molar-refractivity contribution is 5.85. The molecule has 0 radical (unpaired) electrons. The zero-order valence-electron chi connectivity index (χ0n) is 12.5. The van der Waals surface area contributed by atoms with Gasteiger partial charge in [0, 0.05) is 18.7 Å². The number of nitrogens with zero attached hydrogens (tertiary/aromatic N) is 1. The van der Waals surface area contributed by atoms with Crippen molar-refractivity contribution in [3.05, 3.63) is 29.8 Å². The molecule has 2 aliphatic rings. The minimum absolute atomic E-state index is 0.0268. The van der Waals surface area contributed by atoms with Crippen molar-refractivity contribution in [1.82, 2.24) is 4.90 Å². The fourth-order valence-electron chi connectivity index (χ4n) is 3.50. The molecule has 21 heavy (non-hydrogen) atoms. The van der Waals surface area contributed by atoms with Gasteiger partial charge in [-0.2, -0.15) is 0 Å². The van der Waals surface area contributed by atoms with Crippen molar-refractivity contribution >= 4 is 5.91 Å². The van der Waals surface area contributed by atoms with E-state index in [-0.39, 0.29) is 11.8 Å². The fourth-order valence-corrected chi connectivity index (χ4v) is 3.50. The number of benzene rings is 1. The molecule has 4 heteroatoms. The number of carbonyl (C=O) groups is 1. The minimum atomic E-state index is -0.0268. The smallest absolute Gasteiger partial charge is 0.230 e. The van der Waals surface area contributed by atoms with Crippen molar-refractivity contribution in [2.45, 2.75) is 31.6 Å². The third kappa shape index (κ3) is 3.05. The second kappa shape index (κ2) is 6.48. The van der Waals surface area contributed by atoms with Crippen LogP contribution in [0, 0.1) is 5.92 Å². The summed E-state index contributed by atoms with van der Waals surface area (Å²) in [5.41, 5.74) is 6.68. The highest BCUT2D eigenvalue weighted by atomic mass is 16.5. The Balaban J connectivity index is 1.67. The topological polar surface area (TPSA) is 55.6 Å². The molecular formula is C17H24N2O2. The molecule has 1 atom stereocenters. The van der Waals surface area contributed by atoms with Crippen LogP contribution >= 0.6 is 0 Å². The first-order valence-corrected chi connectivity index (χ1v) is 8.00. The lowest BCUT2D eigenvalue weighted by molar-refractivity contribution is -0.134. The molecule has 2 N–H and O–H groups in total. The van der Waals surface area contributed by atoms with Crippen molar-refractivity contribution in [1.29, 1.82) is 0 Å². The first kappa shape index (κ1) is 14.4. The average molecular weight is 288 g/mol. The highest BCUT2D eigenvalue weighted by Gasteiger charge is 2.32. The van der Waals surface area contributed by atoms with Crippen LogP contribution in [-0.2, 0) is 4.79 Å².